The Balaban J connectivity index is 1.63. The molecule has 1 saturated heterocycles. The van der Waals surface area contributed by atoms with E-state index in [9.17, 15) is 4.79 Å². The van der Waals surface area contributed by atoms with Gasteiger partial charge in [0.2, 0.25) is 5.91 Å². The molecule has 4 nitrogen and oxygen atoms in total. The van der Waals surface area contributed by atoms with Gasteiger partial charge in [-0.2, -0.15) is 0 Å². The quantitative estimate of drug-likeness (QED) is 0.576. The Morgan fingerprint density at radius 2 is 2.08 bits per heavy atom. The van der Waals surface area contributed by atoms with Crippen LogP contribution in [0.2, 0.25) is 0 Å². The lowest BCUT2D eigenvalue weighted by Crippen LogP contribution is -2.46. The first-order valence-electron chi connectivity index (χ1n) is 8.58. The lowest BCUT2D eigenvalue weighted by molar-refractivity contribution is -0.115. The molecule has 3 rings (SSSR count). The second-order valence-electron chi connectivity index (χ2n) is 6.17. The van der Waals surface area contributed by atoms with E-state index in [0.29, 0.717) is 5.11 Å². The van der Waals surface area contributed by atoms with Crippen molar-refractivity contribution in [1.82, 2.24) is 15.2 Å². The van der Waals surface area contributed by atoms with Crippen LogP contribution in [-0.4, -0.2) is 27.4 Å². The largest absolute Gasteiger partial charge is 0.342 e. The van der Waals surface area contributed by atoms with Crippen molar-refractivity contribution in [3.8, 4) is 0 Å². The average molecular weight is 430 g/mol. The summed E-state index contributed by atoms with van der Waals surface area (Å²) in [7, 11) is 0. The molecule has 0 spiro atoms. The van der Waals surface area contributed by atoms with E-state index in [0.717, 1.165) is 41.4 Å². The Morgan fingerprint density at radius 1 is 1.27 bits per heavy atom. The van der Waals surface area contributed by atoms with E-state index in [1.54, 1.807) is 12.3 Å². The van der Waals surface area contributed by atoms with Crippen LogP contribution >= 0.6 is 28.1 Å². The highest BCUT2D eigenvalue weighted by molar-refractivity contribution is 9.10. The SMILES string of the molecule is O=C(/C=C/c1ccc(Br)cc1)NC(=S)N1CCCC[C@@H]1c1cccnc1. The summed E-state index contributed by atoms with van der Waals surface area (Å²) in [6, 6.07) is 11.9. The van der Waals surface area contributed by atoms with Crippen LogP contribution in [0.15, 0.2) is 59.3 Å². The number of hydrogen-bond acceptors (Lipinski definition) is 3. The molecule has 2 heterocycles. The van der Waals surface area contributed by atoms with Crippen molar-refractivity contribution < 1.29 is 4.79 Å². The van der Waals surface area contributed by atoms with Crippen molar-refractivity contribution in [2.24, 2.45) is 0 Å². The molecule has 1 amide bonds. The van der Waals surface area contributed by atoms with E-state index in [1.807, 2.05) is 36.5 Å². The van der Waals surface area contributed by atoms with Gasteiger partial charge in [-0.15, -0.1) is 0 Å². The molecule has 0 bridgehead atoms. The smallest absolute Gasteiger partial charge is 0.250 e. The van der Waals surface area contributed by atoms with Crippen LogP contribution in [-0.2, 0) is 4.79 Å². The fourth-order valence-electron chi connectivity index (χ4n) is 3.06. The summed E-state index contributed by atoms with van der Waals surface area (Å²) in [5.41, 5.74) is 2.09. The first-order valence-corrected chi connectivity index (χ1v) is 9.79. The molecular weight excluding hydrogens is 410 g/mol. The molecule has 1 aliphatic rings. The minimum atomic E-state index is -0.214. The lowest BCUT2D eigenvalue weighted by atomic mass is 9.97. The Morgan fingerprint density at radius 3 is 2.81 bits per heavy atom. The first kappa shape index (κ1) is 18.7. The van der Waals surface area contributed by atoms with E-state index in [4.69, 9.17) is 12.2 Å². The van der Waals surface area contributed by atoms with Gasteiger partial charge in [0.05, 0.1) is 6.04 Å². The van der Waals surface area contributed by atoms with E-state index in [2.05, 4.69) is 37.2 Å². The molecule has 1 fully saturated rings. The lowest BCUT2D eigenvalue weighted by Gasteiger charge is -2.37. The first-order chi connectivity index (χ1) is 12.6. The third kappa shape index (κ3) is 4.99. The second-order valence-corrected chi connectivity index (χ2v) is 7.47. The number of likely N-dealkylation sites (tertiary alicyclic amines) is 1. The minimum absolute atomic E-state index is 0.167. The van der Waals surface area contributed by atoms with Gasteiger partial charge >= 0.3 is 0 Å². The third-order valence-electron chi connectivity index (χ3n) is 4.36. The highest BCUT2D eigenvalue weighted by atomic mass is 79.9. The highest BCUT2D eigenvalue weighted by Crippen LogP contribution is 2.30. The molecular formula is C20H20BrN3OS. The van der Waals surface area contributed by atoms with Crippen LogP contribution in [0.1, 0.15) is 36.4 Å². The van der Waals surface area contributed by atoms with Crippen LogP contribution in [0.4, 0.5) is 0 Å². The second kappa shape index (κ2) is 9.05. The van der Waals surface area contributed by atoms with E-state index >= 15 is 0 Å². The molecule has 1 aliphatic heterocycles. The molecule has 1 atom stereocenters. The predicted molar refractivity (Wildman–Crippen MR) is 111 cm³/mol. The molecule has 0 saturated carbocycles. The highest BCUT2D eigenvalue weighted by Gasteiger charge is 2.26. The number of nitrogens with zero attached hydrogens (tertiary/aromatic N) is 2. The fraction of sp³-hybridized carbons (Fsp3) is 0.250. The third-order valence-corrected chi connectivity index (χ3v) is 5.23. The Kier molecular flexibility index (Phi) is 6.52. The van der Waals surface area contributed by atoms with Gasteiger partial charge in [0.15, 0.2) is 5.11 Å². The van der Waals surface area contributed by atoms with E-state index < -0.39 is 0 Å². The number of amides is 1. The fourth-order valence-corrected chi connectivity index (χ4v) is 3.64. The Hall–Kier alpha value is -2.05. The van der Waals surface area contributed by atoms with Crippen molar-refractivity contribution in [2.75, 3.05) is 6.54 Å². The van der Waals surface area contributed by atoms with Gasteiger partial charge < -0.3 is 4.90 Å². The molecule has 0 radical (unpaired) electrons. The number of piperidine rings is 1. The molecule has 26 heavy (non-hydrogen) atoms. The van der Waals surface area contributed by atoms with Crippen LogP contribution in [0.5, 0.6) is 0 Å². The maximum atomic E-state index is 12.2. The van der Waals surface area contributed by atoms with Gasteiger partial charge in [-0.05, 0) is 66.9 Å². The number of nitrogens with one attached hydrogen (secondary N) is 1. The number of pyridine rings is 1. The summed E-state index contributed by atoms with van der Waals surface area (Å²) >= 11 is 8.91. The summed E-state index contributed by atoms with van der Waals surface area (Å²) in [5, 5.41) is 3.31. The van der Waals surface area contributed by atoms with E-state index in [-0.39, 0.29) is 11.9 Å². The maximum absolute atomic E-state index is 12.2. The molecule has 1 aromatic heterocycles. The van der Waals surface area contributed by atoms with Crippen LogP contribution in [0.25, 0.3) is 6.08 Å². The minimum Gasteiger partial charge on any atom is -0.342 e. The molecule has 6 heteroatoms. The Labute approximate surface area is 167 Å². The number of aromatic nitrogens is 1. The van der Waals surface area contributed by atoms with Crippen molar-refractivity contribution >= 4 is 45.2 Å². The molecule has 2 aromatic rings. The predicted octanol–water partition coefficient (Wildman–Crippen LogP) is 4.49. The number of benzene rings is 1. The van der Waals surface area contributed by atoms with Crippen molar-refractivity contribution in [3.05, 3.63) is 70.5 Å². The number of thiocarbonyl (C=S) groups is 1. The summed E-state index contributed by atoms with van der Waals surface area (Å²) < 4.78 is 1.01. The van der Waals surface area contributed by atoms with Crippen LogP contribution in [0.3, 0.4) is 0 Å². The molecule has 134 valence electrons. The summed E-state index contributed by atoms with van der Waals surface area (Å²) in [6.07, 6.45) is 10.2. The monoisotopic (exact) mass is 429 g/mol. The number of carbonyl (C=O) groups excluding carboxylic acids is 1. The zero-order valence-electron chi connectivity index (χ0n) is 14.3. The molecule has 0 unspecified atom stereocenters. The maximum Gasteiger partial charge on any atom is 0.250 e. The summed E-state index contributed by atoms with van der Waals surface area (Å²) in [5.74, 6) is -0.214. The normalized spacial score (nSPS) is 17.3. The Bertz CT molecular complexity index is 792. The summed E-state index contributed by atoms with van der Waals surface area (Å²) in [6.45, 7) is 0.842. The van der Waals surface area contributed by atoms with Gasteiger partial charge in [-0.25, -0.2) is 0 Å². The van der Waals surface area contributed by atoms with Crippen LogP contribution in [0, 0.1) is 0 Å². The summed E-state index contributed by atoms with van der Waals surface area (Å²) in [4.78, 5) is 18.6. The number of halogens is 1. The zero-order chi connectivity index (χ0) is 18.4. The van der Waals surface area contributed by atoms with Crippen molar-refractivity contribution in [1.29, 1.82) is 0 Å². The molecule has 0 aliphatic carbocycles. The van der Waals surface area contributed by atoms with Crippen molar-refractivity contribution in [3.63, 3.8) is 0 Å². The number of hydrogen-bond donors (Lipinski definition) is 1. The molecule has 1 N–H and O–H groups in total. The average Bonchev–Trinajstić information content (AvgIpc) is 2.68. The van der Waals surface area contributed by atoms with E-state index in [1.165, 1.54) is 6.08 Å². The van der Waals surface area contributed by atoms with Gasteiger partial charge in [0.25, 0.3) is 0 Å². The topological polar surface area (TPSA) is 45.2 Å². The van der Waals surface area contributed by atoms with Crippen LogP contribution < -0.4 is 5.32 Å². The number of carbonyl (C=O) groups is 1. The molecule has 1 aromatic carbocycles. The van der Waals surface area contributed by atoms with Crippen molar-refractivity contribution in [2.45, 2.75) is 25.3 Å². The number of rotatable bonds is 3. The van der Waals surface area contributed by atoms with Gasteiger partial charge in [-0.3, -0.25) is 15.1 Å². The standard InChI is InChI=1S/C20H20BrN3OS/c21-17-9-6-15(7-10-17)8-11-19(25)23-20(26)24-13-2-1-5-18(24)16-4-3-12-22-14-16/h3-4,6-12,14,18H,1-2,5,13H2,(H,23,25,26)/b11-8+/t18-/m1/s1. The zero-order valence-corrected chi connectivity index (χ0v) is 16.7. The van der Waals surface area contributed by atoms with Gasteiger partial charge in [0, 0.05) is 29.5 Å². The van der Waals surface area contributed by atoms with Gasteiger partial charge in [0.1, 0.15) is 0 Å². The van der Waals surface area contributed by atoms with Gasteiger partial charge in [-0.1, -0.05) is 34.1 Å².